The number of anilines is 1. The molecule has 0 spiro atoms. The molecular weight excluding hydrogens is 276 g/mol. The van der Waals surface area contributed by atoms with Crippen LogP contribution >= 0.6 is 0 Å². The normalized spacial score (nSPS) is 19.5. The van der Waals surface area contributed by atoms with Crippen molar-refractivity contribution in [3.8, 4) is 0 Å². The first-order chi connectivity index (χ1) is 10.1. The van der Waals surface area contributed by atoms with E-state index in [-0.39, 0.29) is 18.1 Å². The van der Waals surface area contributed by atoms with Gasteiger partial charge in [-0.15, -0.1) is 0 Å². The maximum Gasteiger partial charge on any atom is 0.238 e. The molecule has 0 aromatic heterocycles. The number of hydrogen-bond acceptors (Lipinski definition) is 3. The summed E-state index contributed by atoms with van der Waals surface area (Å²) in [5.74, 6) is -1.13. The van der Waals surface area contributed by atoms with Crippen molar-refractivity contribution in [2.45, 2.75) is 19.3 Å². The van der Waals surface area contributed by atoms with Gasteiger partial charge in [0, 0.05) is 18.3 Å². The number of amides is 1. The van der Waals surface area contributed by atoms with E-state index in [9.17, 15) is 13.6 Å². The molecule has 1 aliphatic heterocycles. The van der Waals surface area contributed by atoms with E-state index in [1.165, 1.54) is 0 Å². The lowest BCUT2D eigenvalue weighted by molar-refractivity contribution is -0.117. The molecule has 2 rings (SSSR count). The summed E-state index contributed by atoms with van der Waals surface area (Å²) in [6.45, 7) is 2.61. The Bertz CT molecular complexity index is 474. The third-order valence-corrected chi connectivity index (χ3v) is 3.69. The second-order valence-electron chi connectivity index (χ2n) is 5.53. The number of nitrogens with two attached hydrogens (primary N) is 1. The Balaban J connectivity index is 1.86. The molecule has 21 heavy (non-hydrogen) atoms. The molecule has 1 heterocycles. The quantitative estimate of drug-likeness (QED) is 0.873. The predicted molar refractivity (Wildman–Crippen MR) is 77.8 cm³/mol. The van der Waals surface area contributed by atoms with Gasteiger partial charge in [0.15, 0.2) is 0 Å². The van der Waals surface area contributed by atoms with Gasteiger partial charge in [0.2, 0.25) is 5.91 Å². The van der Waals surface area contributed by atoms with Gasteiger partial charge < -0.3 is 11.1 Å². The van der Waals surface area contributed by atoms with Crippen LogP contribution in [0.4, 0.5) is 14.5 Å². The summed E-state index contributed by atoms with van der Waals surface area (Å²) in [7, 11) is 0. The van der Waals surface area contributed by atoms with Gasteiger partial charge >= 0.3 is 0 Å². The average Bonchev–Trinajstić information content (AvgIpc) is 2.37. The van der Waals surface area contributed by atoms with E-state index in [1.54, 1.807) is 0 Å². The Morgan fingerprint density at radius 1 is 1.33 bits per heavy atom. The van der Waals surface area contributed by atoms with Crippen molar-refractivity contribution in [3.63, 3.8) is 0 Å². The summed E-state index contributed by atoms with van der Waals surface area (Å²) in [6, 6.07) is 2.99. The molecule has 1 saturated heterocycles. The zero-order chi connectivity index (χ0) is 15.2. The monoisotopic (exact) mass is 297 g/mol. The van der Waals surface area contributed by atoms with E-state index in [2.05, 4.69) is 10.2 Å². The first-order valence-corrected chi connectivity index (χ1v) is 7.25. The van der Waals surface area contributed by atoms with Crippen LogP contribution in [-0.2, 0) is 4.79 Å². The number of carbonyl (C=O) groups is 1. The van der Waals surface area contributed by atoms with E-state index in [1.807, 2.05) is 0 Å². The summed E-state index contributed by atoms with van der Waals surface area (Å²) in [6.07, 6.45) is 3.16. The van der Waals surface area contributed by atoms with Crippen LogP contribution in [0.5, 0.6) is 0 Å². The maximum atomic E-state index is 13.1. The first kappa shape index (κ1) is 15.9. The number of halogens is 2. The first-order valence-electron chi connectivity index (χ1n) is 7.25. The third kappa shape index (κ3) is 5.06. The molecule has 0 radical (unpaired) electrons. The molecule has 1 aromatic carbocycles. The Hall–Kier alpha value is -1.53. The smallest absolute Gasteiger partial charge is 0.238 e. The van der Waals surface area contributed by atoms with Gasteiger partial charge in [0.1, 0.15) is 11.6 Å². The average molecular weight is 297 g/mol. The summed E-state index contributed by atoms with van der Waals surface area (Å²) in [5, 5.41) is 2.53. The zero-order valence-corrected chi connectivity index (χ0v) is 11.9. The van der Waals surface area contributed by atoms with Crippen LogP contribution in [-0.4, -0.2) is 37.0 Å². The van der Waals surface area contributed by atoms with Gasteiger partial charge in [-0.25, -0.2) is 8.78 Å². The number of nitrogens with zero attached hydrogens (tertiary/aromatic N) is 1. The molecule has 116 valence electrons. The van der Waals surface area contributed by atoms with E-state index in [0.29, 0.717) is 12.5 Å². The fraction of sp³-hybridized carbons (Fsp3) is 0.533. The summed E-state index contributed by atoms with van der Waals surface area (Å²) in [4.78, 5) is 14.0. The lowest BCUT2D eigenvalue weighted by atomic mass is 9.95. The van der Waals surface area contributed by atoms with Crippen LogP contribution in [0, 0.1) is 17.6 Å². The molecule has 1 aliphatic rings. The molecule has 6 heteroatoms. The Labute approximate surface area is 123 Å². The standard InChI is InChI=1S/C15H21F2N3O/c16-12-6-13(17)8-14(7-12)19-15(21)10-20-5-1-2-11(9-20)3-4-18/h6-8,11H,1-5,9-10,18H2,(H,19,21). The SMILES string of the molecule is NCCC1CCCN(CC(=O)Nc2cc(F)cc(F)c2)C1. The van der Waals surface area contributed by atoms with Crippen LogP contribution in [0.2, 0.25) is 0 Å². The van der Waals surface area contributed by atoms with Gasteiger partial charge in [0.05, 0.1) is 6.54 Å². The van der Waals surface area contributed by atoms with Gasteiger partial charge in [-0.1, -0.05) is 0 Å². The fourth-order valence-electron chi connectivity index (χ4n) is 2.80. The van der Waals surface area contributed by atoms with Crippen molar-refractivity contribution in [2.24, 2.45) is 11.7 Å². The van der Waals surface area contributed by atoms with Crippen LogP contribution in [0.3, 0.4) is 0 Å². The largest absolute Gasteiger partial charge is 0.330 e. The molecule has 0 bridgehead atoms. The van der Waals surface area contributed by atoms with Crippen molar-refractivity contribution < 1.29 is 13.6 Å². The maximum absolute atomic E-state index is 13.1. The van der Waals surface area contributed by atoms with Crippen molar-refractivity contribution in [3.05, 3.63) is 29.8 Å². The number of carbonyl (C=O) groups excluding carboxylic acids is 1. The van der Waals surface area contributed by atoms with Crippen LogP contribution in [0.1, 0.15) is 19.3 Å². The van der Waals surface area contributed by atoms with Gasteiger partial charge in [0.25, 0.3) is 0 Å². The van der Waals surface area contributed by atoms with E-state index >= 15 is 0 Å². The number of benzene rings is 1. The summed E-state index contributed by atoms with van der Waals surface area (Å²) < 4.78 is 26.1. The molecule has 1 atom stereocenters. The minimum atomic E-state index is -0.703. The number of nitrogens with one attached hydrogen (secondary N) is 1. The number of rotatable bonds is 5. The third-order valence-electron chi connectivity index (χ3n) is 3.69. The minimum Gasteiger partial charge on any atom is -0.330 e. The molecule has 1 unspecified atom stereocenters. The highest BCUT2D eigenvalue weighted by molar-refractivity contribution is 5.92. The van der Waals surface area contributed by atoms with Crippen molar-refractivity contribution in [1.82, 2.24) is 4.90 Å². The van der Waals surface area contributed by atoms with Crippen LogP contribution in [0.25, 0.3) is 0 Å². The van der Waals surface area contributed by atoms with Crippen LogP contribution < -0.4 is 11.1 Å². The molecule has 1 fully saturated rings. The molecule has 3 N–H and O–H groups in total. The molecule has 0 saturated carbocycles. The Morgan fingerprint density at radius 2 is 2.05 bits per heavy atom. The van der Waals surface area contributed by atoms with Crippen molar-refractivity contribution in [1.29, 1.82) is 0 Å². The second-order valence-corrected chi connectivity index (χ2v) is 5.53. The van der Waals surface area contributed by atoms with Crippen molar-refractivity contribution >= 4 is 11.6 Å². The van der Waals surface area contributed by atoms with E-state index in [4.69, 9.17) is 5.73 Å². The minimum absolute atomic E-state index is 0.146. The molecule has 4 nitrogen and oxygen atoms in total. The topological polar surface area (TPSA) is 58.4 Å². The predicted octanol–water partition coefficient (Wildman–Crippen LogP) is 1.96. The van der Waals surface area contributed by atoms with Crippen LogP contribution in [0.15, 0.2) is 18.2 Å². The fourth-order valence-corrected chi connectivity index (χ4v) is 2.80. The molecule has 0 aliphatic carbocycles. The number of hydrogen-bond donors (Lipinski definition) is 2. The Morgan fingerprint density at radius 3 is 2.71 bits per heavy atom. The van der Waals surface area contributed by atoms with Gasteiger partial charge in [-0.3, -0.25) is 9.69 Å². The zero-order valence-electron chi connectivity index (χ0n) is 11.9. The Kier molecular flexibility index (Phi) is 5.64. The summed E-state index contributed by atoms with van der Waals surface area (Å²) >= 11 is 0. The number of piperidine rings is 1. The summed E-state index contributed by atoms with van der Waals surface area (Å²) in [5.41, 5.74) is 5.71. The van der Waals surface area contributed by atoms with E-state index in [0.717, 1.165) is 50.6 Å². The molecule has 1 aromatic rings. The molecular formula is C15H21F2N3O. The van der Waals surface area contributed by atoms with E-state index < -0.39 is 11.6 Å². The van der Waals surface area contributed by atoms with Gasteiger partial charge in [-0.05, 0) is 50.4 Å². The molecule has 1 amide bonds. The second kappa shape index (κ2) is 7.47. The highest BCUT2D eigenvalue weighted by Crippen LogP contribution is 2.19. The van der Waals surface area contributed by atoms with Gasteiger partial charge in [-0.2, -0.15) is 0 Å². The van der Waals surface area contributed by atoms with Crippen molar-refractivity contribution in [2.75, 3.05) is 31.5 Å². The lowest BCUT2D eigenvalue weighted by Gasteiger charge is -2.32. The number of likely N-dealkylation sites (tertiary alicyclic amines) is 1. The lowest BCUT2D eigenvalue weighted by Crippen LogP contribution is -2.40. The highest BCUT2D eigenvalue weighted by Gasteiger charge is 2.21. The highest BCUT2D eigenvalue weighted by atomic mass is 19.1.